The first-order valence-electron chi connectivity index (χ1n) is 5.12. The molecule has 0 atom stereocenters. The molecule has 73 valence electrons. The number of quaternary nitrogens is 1. The van der Waals surface area contributed by atoms with Crippen molar-refractivity contribution in [2.24, 2.45) is 17.7 Å². The van der Waals surface area contributed by atoms with Crippen molar-refractivity contribution >= 4 is 5.91 Å². The Balaban J connectivity index is 2.19. The van der Waals surface area contributed by atoms with Crippen molar-refractivity contribution in [2.45, 2.75) is 25.7 Å². The van der Waals surface area contributed by atoms with Gasteiger partial charge >= 0.3 is 5.91 Å². The third kappa shape index (κ3) is 1.63. The smallest absolute Gasteiger partial charge is 0.229 e. The van der Waals surface area contributed by atoms with Crippen molar-refractivity contribution in [1.82, 2.24) is 0 Å². The highest BCUT2D eigenvalue weighted by molar-refractivity contribution is 5.73. The lowest BCUT2D eigenvalue weighted by Crippen LogP contribution is -2.60. The molecule has 1 amide bonds. The van der Waals surface area contributed by atoms with Crippen LogP contribution >= 0.6 is 0 Å². The summed E-state index contributed by atoms with van der Waals surface area (Å²) in [4.78, 5) is 11.3. The second-order valence-electron chi connectivity index (χ2n) is 4.68. The van der Waals surface area contributed by atoms with Gasteiger partial charge in [0, 0.05) is 11.8 Å². The van der Waals surface area contributed by atoms with Crippen LogP contribution < -0.4 is 5.84 Å². The number of carbonyl (C=O) groups excluding carboxylic acids is 1. The normalized spacial score (nSPS) is 44.5. The quantitative estimate of drug-likeness (QED) is 0.343. The Hall–Kier alpha value is -0.410. The van der Waals surface area contributed by atoms with E-state index in [0.717, 1.165) is 13.1 Å². The third-order valence-electron chi connectivity index (χ3n) is 3.63. The molecular formula is C10H18N2O+. The zero-order valence-corrected chi connectivity index (χ0v) is 8.04. The zero-order valence-electron chi connectivity index (χ0n) is 8.04. The van der Waals surface area contributed by atoms with Crippen molar-refractivity contribution in [2.75, 3.05) is 13.1 Å². The first-order valence-corrected chi connectivity index (χ1v) is 5.12. The van der Waals surface area contributed by atoms with Gasteiger partial charge in [-0.25, -0.2) is 4.79 Å². The predicted octanol–water partition coefficient (Wildman–Crippen LogP) is 0.858. The molecule has 0 unspecified atom stereocenters. The van der Waals surface area contributed by atoms with E-state index >= 15 is 0 Å². The van der Waals surface area contributed by atoms with Crippen LogP contribution in [0.4, 0.5) is 0 Å². The van der Waals surface area contributed by atoms with Gasteiger partial charge in [0.2, 0.25) is 0 Å². The van der Waals surface area contributed by atoms with Gasteiger partial charge in [-0.3, -0.25) is 0 Å². The highest BCUT2D eigenvalue weighted by Gasteiger charge is 2.41. The molecule has 1 aliphatic carbocycles. The molecule has 1 saturated carbocycles. The van der Waals surface area contributed by atoms with E-state index in [1.165, 1.54) is 25.7 Å². The van der Waals surface area contributed by atoms with E-state index in [1.54, 1.807) is 0 Å². The van der Waals surface area contributed by atoms with E-state index in [-0.39, 0.29) is 10.5 Å². The summed E-state index contributed by atoms with van der Waals surface area (Å²) in [6.45, 7) is 5.12. The molecule has 3 rings (SSSR count). The molecular weight excluding hydrogens is 164 g/mol. The van der Waals surface area contributed by atoms with Crippen LogP contribution in [0.25, 0.3) is 0 Å². The summed E-state index contributed by atoms with van der Waals surface area (Å²) in [6.07, 6.45) is 5.04. The Bertz CT molecular complexity index is 205. The SMILES string of the molecule is [CH2]C(=O)[N+]1(N)CC2CCC(CC2)C1. The summed E-state index contributed by atoms with van der Waals surface area (Å²) in [5, 5.41) is 0. The van der Waals surface area contributed by atoms with Crippen molar-refractivity contribution in [3.63, 3.8) is 0 Å². The van der Waals surface area contributed by atoms with E-state index in [9.17, 15) is 4.79 Å². The number of hydrogen-bond donors (Lipinski definition) is 1. The van der Waals surface area contributed by atoms with Crippen molar-refractivity contribution in [3.05, 3.63) is 6.92 Å². The lowest BCUT2D eigenvalue weighted by molar-refractivity contribution is -0.868. The van der Waals surface area contributed by atoms with E-state index < -0.39 is 0 Å². The van der Waals surface area contributed by atoms with Crippen molar-refractivity contribution < 1.29 is 9.39 Å². The molecule has 0 spiro atoms. The molecule has 2 aliphatic heterocycles. The average Bonchev–Trinajstić information content (AvgIpc) is 2.32. The molecule has 3 heteroatoms. The monoisotopic (exact) mass is 182 g/mol. The fourth-order valence-corrected chi connectivity index (χ4v) is 2.80. The number of rotatable bonds is 0. The van der Waals surface area contributed by atoms with Gasteiger partial charge in [0.15, 0.2) is 0 Å². The van der Waals surface area contributed by atoms with Gasteiger partial charge in [0.25, 0.3) is 0 Å². The van der Waals surface area contributed by atoms with Gasteiger partial charge in [-0.2, -0.15) is 10.4 Å². The molecule has 1 radical (unpaired) electrons. The van der Waals surface area contributed by atoms with Crippen LogP contribution in [0.2, 0.25) is 0 Å². The summed E-state index contributed by atoms with van der Waals surface area (Å²) in [7, 11) is 0. The summed E-state index contributed by atoms with van der Waals surface area (Å²) in [5.74, 6) is 7.26. The molecule has 3 fully saturated rings. The molecule has 0 aromatic carbocycles. The van der Waals surface area contributed by atoms with Crippen LogP contribution in [-0.4, -0.2) is 23.6 Å². The summed E-state index contributed by atoms with van der Waals surface area (Å²) in [6, 6.07) is 0. The third-order valence-corrected chi connectivity index (χ3v) is 3.63. The highest BCUT2D eigenvalue weighted by atomic mass is 16.2. The standard InChI is InChI=1S/C10H18N2O/c1-8(13)12(11)6-9-2-3-10(7-12)5-4-9/h9-10H,1-7,11H2/q+1. The summed E-state index contributed by atoms with van der Waals surface area (Å²) < 4.78 is 0.0926. The Morgan fingerprint density at radius 1 is 1.15 bits per heavy atom. The van der Waals surface area contributed by atoms with Crippen LogP contribution in [0.5, 0.6) is 0 Å². The first kappa shape index (κ1) is 9.16. The molecule has 3 nitrogen and oxygen atoms in total. The number of nitrogens with zero attached hydrogens (tertiary/aromatic N) is 1. The molecule has 13 heavy (non-hydrogen) atoms. The maximum absolute atomic E-state index is 11.3. The maximum Gasteiger partial charge on any atom is 0.333 e. The van der Waals surface area contributed by atoms with Gasteiger partial charge in [-0.1, -0.05) is 0 Å². The van der Waals surface area contributed by atoms with Gasteiger partial charge in [0.1, 0.15) is 13.1 Å². The van der Waals surface area contributed by atoms with Gasteiger partial charge in [-0.05, 0) is 25.7 Å². The Kier molecular flexibility index (Phi) is 2.16. The first-order chi connectivity index (χ1) is 6.10. The highest BCUT2D eigenvalue weighted by Crippen LogP contribution is 2.35. The molecule has 2 saturated heterocycles. The van der Waals surface area contributed by atoms with Crippen LogP contribution in [0.1, 0.15) is 25.7 Å². The number of fused-ring (bicyclic) bond motifs is 4. The van der Waals surface area contributed by atoms with E-state index in [1.807, 2.05) is 0 Å². The fourth-order valence-electron chi connectivity index (χ4n) is 2.80. The minimum Gasteiger partial charge on any atom is -0.229 e. The topological polar surface area (TPSA) is 43.1 Å². The van der Waals surface area contributed by atoms with Gasteiger partial charge < -0.3 is 0 Å². The second-order valence-corrected chi connectivity index (χ2v) is 4.68. The van der Waals surface area contributed by atoms with E-state index in [0.29, 0.717) is 11.8 Å². The largest absolute Gasteiger partial charge is 0.333 e. The zero-order chi connectivity index (χ0) is 9.47. The minimum absolute atomic E-state index is 0.0926. The maximum atomic E-state index is 11.3. The molecule has 2 N–H and O–H groups in total. The second kappa shape index (κ2) is 3.07. The molecule has 0 aromatic heterocycles. The number of carbonyl (C=O) groups is 1. The number of nitrogens with two attached hydrogens (primary N) is 1. The lowest BCUT2D eigenvalue weighted by Gasteiger charge is -2.28. The van der Waals surface area contributed by atoms with Crippen molar-refractivity contribution in [3.8, 4) is 0 Å². The Morgan fingerprint density at radius 2 is 1.54 bits per heavy atom. The predicted molar refractivity (Wildman–Crippen MR) is 50.0 cm³/mol. The van der Waals surface area contributed by atoms with Crippen LogP contribution in [0.3, 0.4) is 0 Å². The Labute approximate surface area is 79.5 Å². The average molecular weight is 182 g/mol. The van der Waals surface area contributed by atoms with E-state index in [4.69, 9.17) is 5.84 Å². The summed E-state index contributed by atoms with van der Waals surface area (Å²) in [5.41, 5.74) is 0. The molecule has 2 bridgehead atoms. The summed E-state index contributed by atoms with van der Waals surface area (Å²) >= 11 is 0. The number of hydrogen-bond acceptors (Lipinski definition) is 2. The van der Waals surface area contributed by atoms with Gasteiger partial charge in [-0.15, -0.1) is 0 Å². The number of amides is 1. The minimum atomic E-state index is -0.112. The van der Waals surface area contributed by atoms with Gasteiger partial charge in [0.05, 0.1) is 6.92 Å². The van der Waals surface area contributed by atoms with Crippen LogP contribution in [0.15, 0.2) is 0 Å². The lowest BCUT2D eigenvalue weighted by atomic mass is 9.84. The van der Waals surface area contributed by atoms with E-state index in [2.05, 4.69) is 6.92 Å². The Morgan fingerprint density at radius 3 is 1.85 bits per heavy atom. The van der Waals surface area contributed by atoms with Crippen molar-refractivity contribution in [1.29, 1.82) is 0 Å². The fraction of sp³-hybridized carbons (Fsp3) is 0.800. The molecule has 0 aromatic rings. The van der Waals surface area contributed by atoms with Crippen LogP contribution in [-0.2, 0) is 4.79 Å². The molecule has 3 aliphatic rings. The van der Waals surface area contributed by atoms with Crippen LogP contribution in [0, 0.1) is 18.8 Å². The molecule has 2 heterocycles.